The fourth-order valence-corrected chi connectivity index (χ4v) is 1.82. The lowest BCUT2D eigenvalue weighted by molar-refractivity contribution is 0.102. The normalized spacial score (nSPS) is 9.90. The number of carbonyl (C=O) groups is 1. The molecule has 0 aliphatic heterocycles. The first kappa shape index (κ1) is 14.0. The van der Waals surface area contributed by atoms with Gasteiger partial charge in [0.2, 0.25) is 0 Å². The molecule has 0 saturated heterocycles. The highest BCUT2D eigenvalue weighted by atomic mass is 35.5. The molecule has 0 saturated carbocycles. The minimum atomic E-state index is -0.736. The molecular formula is C15H10ClFN2O. The molecule has 0 aliphatic rings. The number of hydrogen-bond acceptors (Lipinski definition) is 2. The van der Waals surface area contributed by atoms with Gasteiger partial charge in [0.25, 0.3) is 5.91 Å². The molecular weight excluding hydrogens is 279 g/mol. The maximum atomic E-state index is 13.7. The average molecular weight is 289 g/mol. The number of amides is 1. The van der Waals surface area contributed by atoms with Crippen LogP contribution in [0.2, 0.25) is 5.02 Å². The summed E-state index contributed by atoms with van der Waals surface area (Å²) in [7, 11) is 0. The van der Waals surface area contributed by atoms with Gasteiger partial charge in [0, 0.05) is 10.7 Å². The lowest BCUT2D eigenvalue weighted by atomic mass is 10.1. The highest BCUT2D eigenvalue weighted by Gasteiger charge is 2.12. The number of nitriles is 1. The molecule has 2 aromatic carbocycles. The van der Waals surface area contributed by atoms with Crippen molar-refractivity contribution in [2.24, 2.45) is 0 Å². The van der Waals surface area contributed by atoms with Crippen LogP contribution in [0.25, 0.3) is 0 Å². The van der Waals surface area contributed by atoms with Crippen LogP contribution >= 0.6 is 11.6 Å². The van der Waals surface area contributed by atoms with E-state index in [2.05, 4.69) is 5.32 Å². The van der Waals surface area contributed by atoms with Crippen LogP contribution in [0.3, 0.4) is 0 Å². The molecule has 0 atom stereocenters. The zero-order chi connectivity index (χ0) is 14.7. The predicted molar refractivity (Wildman–Crippen MR) is 75.3 cm³/mol. The number of rotatable bonds is 2. The first-order valence-electron chi connectivity index (χ1n) is 5.78. The Labute approximate surface area is 120 Å². The van der Waals surface area contributed by atoms with Gasteiger partial charge in [-0.15, -0.1) is 0 Å². The predicted octanol–water partition coefficient (Wildman–Crippen LogP) is 3.91. The molecule has 20 heavy (non-hydrogen) atoms. The van der Waals surface area contributed by atoms with Crippen molar-refractivity contribution in [3.8, 4) is 6.07 Å². The summed E-state index contributed by atoms with van der Waals surface area (Å²) in [6, 6.07) is 10.5. The third kappa shape index (κ3) is 2.95. The van der Waals surface area contributed by atoms with Gasteiger partial charge in [-0.1, -0.05) is 17.7 Å². The number of nitrogens with zero attached hydrogens (tertiary/aromatic N) is 1. The SMILES string of the molecule is Cc1ccc(NC(=O)c2ccc(C#N)cc2F)cc1Cl. The van der Waals surface area contributed by atoms with Gasteiger partial charge in [0.1, 0.15) is 5.82 Å². The molecule has 3 nitrogen and oxygen atoms in total. The molecule has 0 aromatic heterocycles. The highest BCUT2D eigenvalue weighted by molar-refractivity contribution is 6.31. The van der Waals surface area contributed by atoms with Crippen molar-refractivity contribution < 1.29 is 9.18 Å². The van der Waals surface area contributed by atoms with Crippen molar-refractivity contribution in [2.75, 3.05) is 5.32 Å². The fourth-order valence-electron chi connectivity index (χ4n) is 1.64. The third-order valence-corrected chi connectivity index (χ3v) is 3.18. The lowest BCUT2D eigenvalue weighted by Gasteiger charge is -2.07. The molecule has 0 bridgehead atoms. The van der Waals surface area contributed by atoms with E-state index >= 15 is 0 Å². The maximum Gasteiger partial charge on any atom is 0.258 e. The molecule has 0 unspecified atom stereocenters. The maximum absolute atomic E-state index is 13.7. The minimum absolute atomic E-state index is 0.124. The van der Waals surface area contributed by atoms with Gasteiger partial charge in [-0.25, -0.2) is 4.39 Å². The molecule has 0 fully saturated rings. The van der Waals surface area contributed by atoms with Crippen molar-refractivity contribution in [1.82, 2.24) is 0 Å². The van der Waals surface area contributed by atoms with E-state index in [9.17, 15) is 9.18 Å². The molecule has 0 spiro atoms. The van der Waals surface area contributed by atoms with Crippen molar-refractivity contribution in [3.05, 3.63) is 63.9 Å². The smallest absolute Gasteiger partial charge is 0.258 e. The zero-order valence-electron chi connectivity index (χ0n) is 10.6. The molecule has 0 aliphatic carbocycles. The molecule has 100 valence electrons. The topological polar surface area (TPSA) is 52.9 Å². The van der Waals surface area contributed by atoms with E-state index < -0.39 is 11.7 Å². The Morgan fingerprint density at radius 2 is 2.05 bits per heavy atom. The van der Waals surface area contributed by atoms with Crippen LogP contribution in [0.1, 0.15) is 21.5 Å². The van der Waals surface area contributed by atoms with Gasteiger partial charge in [0.05, 0.1) is 17.2 Å². The van der Waals surface area contributed by atoms with E-state index in [0.717, 1.165) is 11.6 Å². The standard InChI is InChI=1S/C15H10ClFN2O/c1-9-2-4-11(7-13(9)16)19-15(20)12-5-3-10(8-18)6-14(12)17/h2-7H,1H3,(H,19,20). The summed E-state index contributed by atoms with van der Waals surface area (Å²) < 4.78 is 13.7. The van der Waals surface area contributed by atoms with Crippen molar-refractivity contribution in [3.63, 3.8) is 0 Å². The van der Waals surface area contributed by atoms with E-state index in [1.165, 1.54) is 12.1 Å². The second-order valence-electron chi connectivity index (χ2n) is 4.22. The van der Waals surface area contributed by atoms with Crippen LogP contribution in [0.15, 0.2) is 36.4 Å². The van der Waals surface area contributed by atoms with E-state index in [1.807, 2.05) is 13.0 Å². The summed E-state index contributed by atoms with van der Waals surface area (Å²) in [6.45, 7) is 1.84. The summed E-state index contributed by atoms with van der Waals surface area (Å²) in [5, 5.41) is 11.7. The Hall–Kier alpha value is -2.38. The number of aryl methyl sites for hydroxylation is 1. The quantitative estimate of drug-likeness (QED) is 0.911. The van der Waals surface area contributed by atoms with Crippen LogP contribution in [-0.4, -0.2) is 5.91 Å². The Bertz CT molecular complexity index is 722. The molecule has 2 aromatic rings. The molecule has 0 radical (unpaired) electrons. The summed E-state index contributed by atoms with van der Waals surface area (Å²) in [6.07, 6.45) is 0. The fraction of sp³-hybridized carbons (Fsp3) is 0.0667. The highest BCUT2D eigenvalue weighted by Crippen LogP contribution is 2.21. The molecule has 1 N–H and O–H groups in total. The molecule has 1 amide bonds. The van der Waals surface area contributed by atoms with E-state index in [0.29, 0.717) is 10.7 Å². The van der Waals surface area contributed by atoms with Gasteiger partial charge >= 0.3 is 0 Å². The monoisotopic (exact) mass is 288 g/mol. The van der Waals surface area contributed by atoms with E-state index in [-0.39, 0.29) is 11.1 Å². The number of nitrogens with one attached hydrogen (secondary N) is 1. The molecule has 2 rings (SSSR count). The molecule has 0 heterocycles. The van der Waals surface area contributed by atoms with Crippen LogP contribution in [0.5, 0.6) is 0 Å². The second-order valence-corrected chi connectivity index (χ2v) is 4.63. The largest absolute Gasteiger partial charge is 0.322 e. The zero-order valence-corrected chi connectivity index (χ0v) is 11.3. The third-order valence-electron chi connectivity index (χ3n) is 2.77. The van der Waals surface area contributed by atoms with E-state index in [1.54, 1.807) is 18.2 Å². The lowest BCUT2D eigenvalue weighted by Crippen LogP contribution is -2.13. The van der Waals surface area contributed by atoms with Gasteiger partial charge in [-0.3, -0.25) is 4.79 Å². The van der Waals surface area contributed by atoms with Crippen molar-refractivity contribution in [2.45, 2.75) is 6.92 Å². The average Bonchev–Trinajstić information content (AvgIpc) is 2.42. The van der Waals surface area contributed by atoms with Gasteiger partial charge in [0.15, 0.2) is 0 Å². The van der Waals surface area contributed by atoms with Crippen molar-refractivity contribution >= 4 is 23.2 Å². The molecule has 5 heteroatoms. The minimum Gasteiger partial charge on any atom is -0.322 e. The van der Waals surface area contributed by atoms with Crippen molar-refractivity contribution in [1.29, 1.82) is 5.26 Å². The number of carbonyl (C=O) groups excluding carboxylic acids is 1. The summed E-state index contributed by atoms with van der Waals surface area (Å²) in [4.78, 5) is 12.0. The van der Waals surface area contributed by atoms with Gasteiger partial charge in [-0.05, 0) is 42.8 Å². The Morgan fingerprint density at radius 1 is 1.30 bits per heavy atom. The Balaban J connectivity index is 2.24. The van der Waals surface area contributed by atoms with Crippen LogP contribution < -0.4 is 5.32 Å². The number of hydrogen-bond donors (Lipinski definition) is 1. The Kier molecular flexibility index (Phi) is 4.02. The van der Waals surface area contributed by atoms with Gasteiger partial charge in [-0.2, -0.15) is 5.26 Å². The van der Waals surface area contributed by atoms with E-state index in [4.69, 9.17) is 16.9 Å². The summed E-state index contributed by atoms with van der Waals surface area (Å²) in [5.74, 6) is -1.33. The first-order valence-corrected chi connectivity index (χ1v) is 6.16. The first-order chi connectivity index (χ1) is 9.51. The Morgan fingerprint density at radius 3 is 2.65 bits per heavy atom. The second kappa shape index (κ2) is 5.72. The van der Waals surface area contributed by atoms with Crippen LogP contribution in [0.4, 0.5) is 10.1 Å². The number of benzene rings is 2. The summed E-state index contributed by atoms with van der Waals surface area (Å²) in [5.41, 5.74) is 1.40. The number of halogens is 2. The number of anilines is 1. The van der Waals surface area contributed by atoms with Crippen LogP contribution in [-0.2, 0) is 0 Å². The van der Waals surface area contributed by atoms with Crippen LogP contribution in [0, 0.1) is 24.1 Å². The summed E-state index contributed by atoms with van der Waals surface area (Å²) >= 11 is 5.95. The van der Waals surface area contributed by atoms with Gasteiger partial charge < -0.3 is 5.32 Å².